The molecule has 2 aliphatic heterocycles. The van der Waals surface area contributed by atoms with Crippen LogP contribution in [0.4, 0.5) is 17.1 Å². The molecule has 2 amide bonds. The number of non-ortho nitro benzene ring substituents is 1. The number of nitrogens with one attached hydrogen (secondary N) is 1. The fraction of sp³-hybridized carbons (Fsp3) is 0.263. The number of rotatable bonds is 4. The van der Waals surface area contributed by atoms with E-state index in [1.807, 2.05) is 0 Å². The summed E-state index contributed by atoms with van der Waals surface area (Å²) in [6, 6.07) is 10.8. The van der Waals surface area contributed by atoms with Crippen molar-refractivity contribution < 1.29 is 24.0 Å². The molecule has 2 aromatic rings. The number of carbonyl (C=O) groups is 2. The second kappa shape index (κ2) is 7.18. The molecule has 9 heteroatoms. The van der Waals surface area contributed by atoms with Crippen LogP contribution in [-0.4, -0.2) is 36.5 Å². The third-order valence-electron chi connectivity index (χ3n) is 4.68. The van der Waals surface area contributed by atoms with E-state index in [0.29, 0.717) is 36.1 Å². The summed E-state index contributed by atoms with van der Waals surface area (Å²) in [5.74, 6) is 0.239. The minimum Gasteiger partial charge on any atom is -0.486 e. The number of benzene rings is 2. The first-order valence-electron chi connectivity index (χ1n) is 8.76. The lowest BCUT2D eigenvalue weighted by atomic mass is 10.1. The number of carbonyl (C=O) groups excluding carboxylic acids is 2. The van der Waals surface area contributed by atoms with E-state index in [-0.39, 0.29) is 30.5 Å². The number of nitro groups is 1. The highest BCUT2D eigenvalue weighted by atomic mass is 16.6. The number of hydrogen-bond acceptors (Lipinski definition) is 6. The summed E-state index contributed by atoms with van der Waals surface area (Å²) in [4.78, 5) is 36.7. The molecule has 0 aliphatic carbocycles. The minimum atomic E-state index is -0.518. The van der Waals surface area contributed by atoms with Crippen LogP contribution in [0.25, 0.3) is 0 Å². The lowest BCUT2D eigenvalue weighted by Crippen LogP contribution is -2.28. The molecular formula is C19H17N3O6. The Kier molecular flexibility index (Phi) is 4.56. The summed E-state index contributed by atoms with van der Waals surface area (Å²) in [7, 11) is 0. The van der Waals surface area contributed by atoms with Crippen LogP contribution in [-0.2, 0) is 9.59 Å². The van der Waals surface area contributed by atoms with Crippen LogP contribution >= 0.6 is 0 Å². The van der Waals surface area contributed by atoms with Gasteiger partial charge in [0, 0.05) is 42.5 Å². The number of amides is 2. The van der Waals surface area contributed by atoms with E-state index in [2.05, 4.69) is 5.32 Å². The number of fused-ring (bicyclic) bond motifs is 1. The van der Waals surface area contributed by atoms with Crippen LogP contribution in [0, 0.1) is 16.0 Å². The standard InChI is InChI=1S/C19H17N3O6/c23-18-9-12(19(24)20-13-1-3-14(4-2-13)22(25)26)11-21(18)15-5-6-16-17(10-15)28-8-7-27-16/h1-6,10,12H,7-9,11H2,(H,20,24). The maximum atomic E-state index is 12.5. The maximum Gasteiger partial charge on any atom is 0.269 e. The van der Waals surface area contributed by atoms with Crippen molar-refractivity contribution in [2.45, 2.75) is 6.42 Å². The van der Waals surface area contributed by atoms with Gasteiger partial charge in [0.1, 0.15) is 13.2 Å². The topological polar surface area (TPSA) is 111 Å². The van der Waals surface area contributed by atoms with Crippen LogP contribution in [0.2, 0.25) is 0 Å². The fourth-order valence-corrected chi connectivity index (χ4v) is 3.24. The zero-order valence-electron chi connectivity index (χ0n) is 14.8. The molecule has 2 heterocycles. The minimum absolute atomic E-state index is 0.0566. The number of hydrogen-bond donors (Lipinski definition) is 1. The van der Waals surface area contributed by atoms with Gasteiger partial charge in [0.15, 0.2) is 11.5 Å². The lowest BCUT2D eigenvalue weighted by Gasteiger charge is -2.22. The second-order valence-electron chi connectivity index (χ2n) is 6.53. The molecular weight excluding hydrogens is 366 g/mol. The molecule has 1 atom stereocenters. The monoisotopic (exact) mass is 383 g/mol. The molecule has 9 nitrogen and oxygen atoms in total. The Morgan fingerprint density at radius 1 is 1.11 bits per heavy atom. The Hall–Kier alpha value is -3.62. The van der Waals surface area contributed by atoms with E-state index in [0.717, 1.165) is 0 Å². The van der Waals surface area contributed by atoms with Crippen LogP contribution in [0.5, 0.6) is 11.5 Å². The molecule has 0 spiro atoms. The van der Waals surface area contributed by atoms with E-state index in [1.54, 1.807) is 23.1 Å². The average molecular weight is 383 g/mol. The summed E-state index contributed by atoms with van der Waals surface area (Å²) in [6.45, 7) is 1.18. The Bertz CT molecular complexity index is 943. The predicted octanol–water partition coefficient (Wildman–Crippen LogP) is 2.36. The number of nitrogens with zero attached hydrogens (tertiary/aromatic N) is 2. The van der Waals surface area contributed by atoms with Gasteiger partial charge in [-0.05, 0) is 24.3 Å². The van der Waals surface area contributed by atoms with Crippen molar-refractivity contribution in [3.8, 4) is 11.5 Å². The quantitative estimate of drug-likeness (QED) is 0.641. The van der Waals surface area contributed by atoms with Gasteiger partial charge in [0.25, 0.3) is 5.69 Å². The highest BCUT2D eigenvalue weighted by molar-refractivity contribution is 6.03. The molecule has 1 N–H and O–H groups in total. The lowest BCUT2D eigenvalue weighted by molar-refractivity contribution is -0.384. The molecule has 2 aromatic carbocycles. The summed E-state index contributed by atoms with van der Waals surface area (Å²) in [6.07, 6.45) is 0.0905. The van der Waals surface area contributed by atoms with Gasteiger partial charge in [-0.25, -0.2) is 0 Å². The number of nitro benzene ring substituents is 1. The molecule has 1 saturated heterocycles. The Morgan fingerprint density at radius 3 is 2.54 bits per heavy atom. The van der Waals surface area contributed by atoms with Crippen molar-refractivity contribution in [3.63, 3.8) is 0 Å². The van der Waals surface area contributed by atoms with Crippen LogP contribution in [0.15, 0.2) is 42.5 Å². The Labute approximate surface area is 160 Å². The third kappa shape index (κ3) is 3.46. The van der Waals surface area contributed by atoms with E-state index in [1.165, 1.54) is 24.3 Å². The molecule has 1 fully saturated rings. The smallest absolute Gasteiger partial charge is 0.269 e. The molecule has 4 rings (SSSR count). The van der Waals surface area contributed by atoms with E-state index < -0.39 is 10.8 Å². The van der Waals surface area contributed by atoms with E-state index in [4.69, 9.17) is 9.47 Å². The second-order valence-corrected chi connectivity index (χ2v) is 6.53. The Morgan fingerprint density at radius 2 is 1.82 bits per heavy atom. The predicted molar refractivity (Wildman–Crippen MR) is 99.6 cm³/mol. The van der Waals surface area contributed by atoms with Gasteiger partial charge in [0.05, 0.1) is 10.8 Å². The summed E-state index contributed by atoms with van der Waals surface area (Å²) in [5.41, 5.74) is 1.04. The van der Waals surface area contributed by atoms with Gasteiger partial charge < -0.3 is 19.7 Å². The molecule has 2 aliphatic rings. The molecule has 0 aromatic heterocycles. The van der Waals surface area contributed by atoms with Crippen molar-refractivity contribution >= 4 is 28.9 Å². The van der Waals surface area contributed by atoms with Crippen molar-refractivity contribution in [2.75, 3.05) is 30.0 Å². The van der Waals surface area contributed by atoms with E-state index >= 15 is 0 Å². The molecule has 0 bridgehead atoms. The van der Waals surface area contributed by atoms with Gasteiger partial charge in [-0.3, -0.25) is 19.7 Å². The van der Waals surface area contributed by atoms with E-state index in [9.17, 15) is 19.7 Å². The summed E-state index contributed by atoms with van der Waals surface area (Å²) in [5, 5.41) is 13.4. The van der Waals surface area contributed by atoms with Gasteiger partial charge in [-0.1, -0.05) is 0 Å². The molecule has 0 radical (unpaired) electrons. The van der Waals surface area contributed by atoms with Crippen molar-refractivity contribution in [3.05, 3.63) is 52.6 Å². The molecule has 1 unspecified atom stereocenters. The van der Waals surface area contributed by atoms with Crippen LogP contribution in [0.1, 0.15) is 6.42 Å². The highest BCUT2D eigenvalue weighted by Gasteiger charge is 2.35. The van der Waals surface area contributed by atoms with Gasteiger partial charge in [0.2, 0.25) is 11.8 Å². The molecule has 28 heavy (non-hydrogen) atoms. The molecule has 0 saturated carbocycles. The van der Waals surface area contributed by atoms with Gasteiger partial charge >= 0.3 is 0 Å². The fourth-order valence-electron chi connectivity index (χ4n) is 3.24. The zero-order valence-corrected chi connectivity index (χ0v) is 14.8. The Balaban J connectivity index is 1.44. The van der Waals surface area contributed by atoms with Crippen molar-refractivity contribution in [1.82, 2.24) is 0 Å². The summed E-state index contributed by atoms with van der Waals surface area (Å²) >= 11 is 0. The number of ether oxygens (including phenoxy) is 2. The largest absolute Gasteiger partial charge is 0.486 e. The normalized spacial score (nSPS) is 18.1. The average Bonchev–Trinajstić information content (AvgIpc) is 3.10. The SMILES string of the molecule is O=C(Nc1ccc([N+](=O)[O-])cc1)C1CC(=O)N(c2ccc3c(c2)OCCO3)C1. The van der Waals surface area contributed by atoms with Gasteiger partial charge in [-0.15, -0.1) is 0 Å². The van der Waals surface area contributed by atoms with Crippen molar-refractivity contribution in [1.29, 1.82) is 0 Å². The van der Waals surface area contributed by atoms with Crippen LogP contribution in [0.3, 0.4) is 0 Å². The first kappa shape index (κ1) is 17.8. The summed E-state index contributed by atoms with van der Waals surface area (Å²) < 4.78 is 11.0. The van der Waals surface area contributed by atoms with Gasteiger partial charge in [-0.2, -0.15) is 0 Å². The van der Waals surface area contributed by atoms with Crippen LogP contribution < -0.4 is 19.7 Å². The number of anilines is 2. The zero-order chi connectivity index (χ0) is 19.7. The first-order chi connectivity index (χ1) is 13.5. The highest BCUT2D eigenvalue weighted by Crippen LogP contribution is 2.36. The van der Waals surface area contributed by atoms with Crippen molar-refractivity contribution in [2.24, 2.45) is 5.92 Å². The maximum absolute atomic E-state index is 12.5. The first-order valence-corrected chi connectivity index (χ1v) is 8.76. The molecule has 144 valence electrons. The third-order valence-corrected chi connectivity index (χ3v) is 4.68.